The third kappa shape index (κ3) is 5.47. The molecule has 0 aliphatic carbocycles. The quantitative estimate of drug-likeness (QED) is 0.630. The molecule has 4 nitrogen and oxygen atoms in total. The van der Waals surface area contributed by atoms with Gasteiger partial charge in [-0.25, -0.2) is 8.42 Å². The van der Waals surface area contributed by atoms with Crippen molar-refractivity contribution in [1.29, 1.82) is 0 Å². The van der Waals surface area contributed by atoms with E-state index in [1.807, 2.05) is 30.3 Å². The molecule has 0 amide bonds. The van der Waals surface area contributed by atoms with Gasteiger partial charge in [-0.05, 0) is 36.2 Å². The van der Waals surface area contributed by atoms with E-state index in [2.05, 4.69) is 0 Å². The van der Waals surface area contributed by atoms with Gasteiger partial charge in [-0.1, -0.05) is 30.3 Å². The summed E-state index contributed by atoms with van der Waals surface area (Å²) in [7, 11) is -3.10. The third-order valence-corrected chi connectivity index (χ3v) is 4.66. The minimum Gasteiger partial charge on any atom is -0.494 e. The fourth-order valence-corrected chi connectivity index (χ4v) is 3.34. The Morgan fingerprint density at radius 3 is 2.29 bits per heavy atom. The highest BCUT2D eigenvalue weighted by Crippen LogP contribution is 2.13. The van der Waals surface area contributed by atoms with E-state index in [4.69, 9.17) is 10.5 Å². The van der Waals surface area contributed by atoms with Gasteiger partial charge in [0.25, 0.3) is 0 Å². The minimum absolute atomic E-state index is 0.0791. The zero-order valence-corrected chi connectivity index (χ0v) is 12.6. The predicted octanol–water partition coefficient (Wildman–Crippen LogP) is 2.65. The molecular formula is C16H19NO3S. The van der Waals surface area contributed by atoms with Gasteiger partial charge in [-0.3, -0.25) is 0 Å². The number of anilines is 1. The predicted molar refractivity (Wildman–Crippen MR) is 84.9 cm³/mol. The standard InChI is InChI=1S/C16H19NO3S/c17-15-7-9-16(10-8-15)20-11-4-12-21(18,19)13-14-5-2-1-3-6-14/h1-3,5-10H,4,11-13,17H2. The van der Waals surface area contributed by atoms with Gasteiger partial charge in [-0.2, -0.15) is 0 Å². The molecule has 0 saturated carbocycles. The summed E-state index contributed by atoms with van der Waals surface area (Å²) in [6.45, 7) is 0.373. The van der Waals surface area contributed by atoms with E-state index in [0.717, 1.165) is 5.56 Å². The second-order valence-corrected chi connectivity index (χ2v) is 7.03. The van der Waals surface area contributed by atoms with Crippen LogP contribution in [0.1, 0.15) is 12.0 Å². The highest BCUT2D eigenvalue weighted by atomic mass is 32.2. The summed E-state index contributed by atoms with van der Waals surface area (Å²) in [4.78, 5) is 0. The SMILES string of the molecule is Nc1ccc(OCCCS(=O)(=O)Cc2ccccc2)cc1. The van der Waals surface area contributed by atoms with Crippen molar-refractivity contribution in [2.75, 3.05) is 18.1 Å². The Kier molecular flexibility index (Phi) is 5.22. The van der Waals surface area contributed by atoms with Crippen LogP contribution in [0, 0.1) is 0 Å². The molecule has 0 atom stereocenters. The lowest BCUT2D eigenvalue weighted by molar-refractivity contribution is 0.317. The van der Waals surface area contributed by atoms with Gasteiger partial charge in [0.05, 0.1) is 18.1 Å². The zero-order valence-electron chi connectivity index (χ0n) is 11.7. The van der Waals surface area contributed by atoms with E-state index in [1.165, 1.54) is 0 Å². The molecular weight excluding hydrogens is 286 g/mol. The van der Waals surface area contributed by atoms with Gasteiger partial charge in [0.2, 0.25) is 0 Å². The Bertz CT molecular complexity index is 652. The number of hydrogen-bond donors (Lipinski definition) is 1. The molecule has 5 heteroatoms. The minimum atomic E-state index is -3.10. The number of nitrogens with two attached hydrogens (primary N) is 1. The number of nitrogen functional groups attached to an aromatic ring is 1. The molecule has 0 fully saturated rings. The molecule has 0 spiro atoms. The monoisotopic (exact) mass is 305 g/mol. The van der Waals surface area contributed by atoms with Crippen LogP contribution < -0.4 is 10.5 Å². The number of benzene rings is 2. The van der Waals surface area contributed by atoms with Crippen molar-refractivity contribution in [2.24, 2.45) is 0 Å². The first-order valence-corrected chi connectivity index (χ1v) is 8.60. The van der Waals surface area contributed by atoms with Crippen molar-refractivity contribution in [3.63, 3.8) is 0 Å². The van der Waals surface area contributed by atoms with E-state index < -0.39 is 9.84 Å². The summed E-state index contributed by atoms with van der Waals surface area (Å²) in [5, 5.41) is 0. The Morgan fingerprint density at radius 2 is 1.62 bits per heavy atom. The molecule has 0 aliphatic heterocycles. The smallest absolute Gasteiger partial charge is 0.154 e. The zero-order chi connectivity index (χ0) is 15.1. The number of sulfone groups is 1. The highest BCUT2D eigenvalue weighted by Gasteiger charge is 2.11. The summed E-state index contributed by atoms with van der Waals surface area (Å²) < 4.78 is 29.5. The normalized spacial score (nSPS) is 11.2. The summed E-state index contributed by atoms with van der Waals surface area (Å²) in [5.41, 5.74) is 7.07. The summed E-state index contributed by atoms with van der Waals surface area (Å²) >= 11 is 0. The maximum Gasteiger partial charge on any atom is 0.154 e. The molecule has 0 radical (unpaired) electrons. The molecule has 0 heterocycles. The van der Waals surface area contributed by atoms with Crippen molar-refractivity contribution in [1.82, 2.24) is 0 Å². The molecule has 0 saturated heterocycles. The van der Waals surface area contributed by atoms with E-state index in [1.54, 1.807) is 24.3 Å². The van der Waals surface area contributed by atoms with E-state index in [0.29, 0.717) is 24.5 Å². The van der Waals surface area contributed by atoms with Crippen LogP contribution in [-0.2, 0) is 15.6 Å². The van der Waals surface area contributed by atoms with E-state index in [9.17, 15) is 8.42 Å². The Balaban J connectivity index is 1.76. The maximum absolute atomic E-state index is 12.0. The third-order valence-electron chi connectivity index (χ3n) is 2.98. The first kappa shape index (κ1) is 15.4. The first-order valence-electron chi connectivity index (χ1n) is 6.78. The molecule has 2 aromatic carbocycles. The second-order valence-electron chi connectivity index (χ2n) is 4.85. The van der Waals surface area contributed by atoms with Gasteiger partial charge in [0, 0.05) is 5.69 Å². The summed E-state index contributed by atoms with van der Waals surface area (Å²) in [6, 6.07) is 16.2. The van der Waals surface area contributed by atoms with Gasteiger partial charge < -0.3 is 10.5 Å². The molecule has 0 bridgehead atoms. The summed E-state index contributed by atoms with van der Waals surface area (Å²) in [5.74, 6) is 0.900. The first-order chi connectivity index (χ1) is 10.1. The van der Waals surface area contributed by atoms with Crippen LogP contribution in [0.25, 0.3) is 0 Å². The van der Waals surface area contributed by atoms with Crippen LogP contribution in [-0.4, -0.2) is 20.8 Å². The maximum atomic E-state index is 12.0. The lowest BCUT2D eigenvalue weighted by Gasteiger charge is -2.07. The molecule has 2 aromatic rings. The molecule has 0 unspecified atom stereocenters. The van der Waals surface area contributed by atoms with Crippen LogP contribution in [0.3, 0.4) is 0 Å². The molecule has 2 N–H and O–H groups in total. The van der Waals surface area contributed by atoms with Crippen molar-refractivity contribution in [3.05, 3.63) is 60.2 Å². The fraction of sp³-hybridized carbons (Fsp3) is 0.250. The van der Waals surface area contributed by atoms with Crippen LogP contribution in [0.2, 0.25) is 0 Å². The number of rotatable bonds is 7. The second kappa shape index (κ2) is 7.13. The lowest BCUT2D eigenvalue weighted by Crippen LogP contribution is -2.12. The largest absolute Gasteiger partial charge is 0.494 e. The summed E-state index contributed by atoms with van der Waals surface area (Å²) in [6.07, 6.45) is 0.472. The van der Waals surface area contributed by atoms with Crippen LogP contribution in [0.4, 0.5) is 5.69 Å². The van der Waals surface area contributed by atoms with Gasteiger partial charge in [0.1, 0.15) is 5.75 Å². The van der Waals surface area contributed by atoms with Crippen LogP contribution >= 0.6 is 0 Å². The van der Waals surface area contributed by atoms with E-state index in [-0.39, 0.29) is 11.5 Å². The molecule has 2 rings (SSSR count). The fourth-order valence-electron chi connectivity index (χ4n) is 1.93. The van der Waals surface area contributed by atoms with Crippen molar-refractivity contribution >= 4 is 15.5 Å². The molecule has 0 aliphatic rings. The Labute approximate surface area is 125 Å². The molecule has 21 heavy (non-hydrogen) atoms. The highest BCUT2D eigenvalue weighted by molar-refractivity contribution is 7.90. The van der Waals surface area contributed by atoms with Crippen molar-refractivity contribution in [2.45, 2.75) is 12.2 Å². The lowest BCUT2D eigenvalue weighted by atomic mass is 10.2. The van der Waals surface area contributed by atoms with Gasteiger partial charge in [-0.15, -0.1) is 0 Å². The topological polar surface area (TPSA) is 69.4 Å². The van der Waals surface area contributed by atoms with Gasteiger partial charge in [0.15, 0.2) is 9.84 Å². The number of ether oxygens (including phenoxy) is 1. The van der Waals surface area contributed by atoms with Crippen LogP contribution in [0.5, 0.6) is 5.75 Å². The molecule has 112 valence electrons. The Hall–Kier alpha value is -2.01. The number of hydrogen-bond acceptors (Lipinski definition) is 4. The van der Waals surface area contributed by atoms with Crippen molar-refractivity contribution < 1.29 is 13.2 Å². The Morgan fingerprint density at radius 1 is 0.952 bits per heavy atom. The van der Waals surface area contributed by atoms with Crippen LogP contribution in [0.15, 0.2) is 54.6 Å². The molecule has 0 aromatic heterocycles. The van der Waals surface area contributed by atoms with Crippen molar-refractivity contribution in [3.8, 4) is 5.75 Å². The average Bonchev–Trinajstić information content (AvgIpc) is 2.46. The average molecular weight is 305 g/mol. The van der Waals surface area contributed by atoms with Gasteiger partial charge >= 0.3 is 0 Å². The van der Waals surface area contributed by atoms with E-state index >= 15 is 0 Å².